The molecule has 0 spiro atoms. The highest BCUT2D eigenvalue weighted by atomic mass is 16.5. The normalized spacial score (nSPS) is 12.0. The van der Waals surface area contributed by atoms with Crippen LogP contribution < -0.4 is 11.1 Å². The summed E-state index contributed by atoms with van der Waals surface area (Å²) in [5.41, 5.74) is 5.21. The molecule has 3 nitrogen and oxygen atoms in total. The third-order valence-corrected chi connectivity index (χ3v) is 0.928. The van der Waals surface area contributed by atoms with Gasteiger partial charge in [0, 0.05) is 13.1 Å². The van der Waals surface area contributed by atoms with Crippen molar-refractivity contribution >= 4 is 0 Å². The third kappa shape index (κ3) is 7.88. The molecular formula is C7H18N2O. The fourth-order valence-electron chi connectivity index (χ4n) is 0.442. The van der Waals surface area contributed by atoms with Crippen LogP contribution in [0.5, 0.6) is 0 Å². The zero-order valence-corrected chi connectivity index (χ0v) is 7.11. The van der Waals surface area contributed by atoms with Crippen molar-refractivity contribution < 1.29 is 4.74 Å². The molecule has 3 heteroatoms. The molecule has 0 aromatic carbocycles. The second-order valence-electron chi connectivity index (χ2n) is 3.19. The van der Waals surface area contributed by atoms with E-state index in [4.69, 9.17) is 10.5 Å². The van der Waals surface area contributed by atoms with E-state index in [2.05, 4.69) is 5.32 Å². The summed E-state index contributed by atoms with van der Waals surface area (Å²) in [6, 6.07) is 0. The number of nitrogens with two attached hydrogens (primary N) is 1. The second kappa shape index (κ2) is 4.66. The van der Waals surface area contributed by atoms with E-state index in [-0.39, 0.29) is 5.60 Å². The summed E-state index contributed by atoms with van der Waals surface area (Å²) in [6.45, 7) is 8.13. The Morgan fingerprint density at radius 3 is 2.40 bits per heavy atom. The molecule has 0 saturated heterocycles. The maximum atomic E-state index is 5.36. The fourth-order valence-corrected chi connectivity index (χ4v) is 0.442. The molecule has 0 fully saturated rings. The van der Waals surface area contributed by atoms with E-state index < -0.39 is 0 Å². The Kier molecular flexibility index (Phi) is 4.60. The Morgan fingerprint density at radius 2 is 2.00 bits per heavy atom. The van der Waals surface area contributed by atoms with E-state index >= 15 is 0 Å². The molecular weight excluding hydrogens is 128 g/mol. The van der Waals surface area contributed by atoms with Crippen LogP contribution in [0.1, 0.15) is 20.8 Å². The van der Waals surface area contributed by atoms with Gasteiger partial charge in [-0.05, 0) is 20.8 Å². The van der Waals surface area contributed by atoms with Crippen molar-refractivity contribution in [3.05, 3.63) is 0 Å². The van der Waals surface area contributed by atoms with E-state index in [1.807, 2.05) is 20.8 Å². The fraction of sp³-hybridized carbons (Fsp3) is 1.00. The molecule has 0 atom stereocenters. The molecule has 0 aliphatic rings. The van der Waals surface area contributed by atoms with Crippen LogP contribution in [0.15, 0.2) is 0 Å². The molecule has 0 heterocycles. The van der Waals surface area contributed by atoms with Crippen molar-refractivity contribution in [1.82, 2.24) is 5.32 Å². The van der Waals surface area contributed by atoms with Crippen molar-refractivity contribution in [1.29, 1.82) is 0 Å². The van der Waals surface area contributed by atoms with Crippen molar-refractivity contribution in [2.24, 2.45) is 5.73 Å². The van der Waals surface area contributed by atoms with Crippen molar-refractivity contribution in [3.8, 4) is 0 Å². The van der Waals surface area contributed by atoms with Gasteiger partial charge in [0.1, 0.15) is 0 Å². The van der Waals surface area contributed by atoms with Crippen LogP contribution in [0.4, 0.5) is 0 Å². The molecule has 0 unspecified atom stereocenters. The summed E-state index contributed by atoms with van der Waals surface area (Å²) in [4.78, 5) is 0. The first-order chi connectivity index (χ1) is 4.56. The van der Waals surface area contributed by atoms with E-state index in [1.165, 1.54) is 0 Å². The molecule has 0 aromatic rings. The van der Waals surface area contributed by atoms with Gasteiger partial charge in [-0.25, -0.2) is 0 Å². The van der Waals surface area contributed by atoms with Crippen LogP contribution >= 0.6 is 0 Å². The number of nitrogens with one attached hydrogen (secondary N) is 1. The summed E-state index contributed by atoms with van der Waals surface area (Å²) in [6.07, 6.45) is 0. The number of rotatable bonds is 4. The van der Waals surface area contributed by atoms with E-state index in [0.29, 0.717) is 13.3 Å². The second-order valence-corrected chi connectivity index (χ2v) is 3.19. The molecule has 0 amide bonds. The predicted molar refractivity (Wildman–Crippen MR) is 42.8 cm³/mol. The molecule has 0 aromatic heterocycles. The lowest BCUT2D eigenvalue weighted by molar-refractivity contribution is -0.0126. The minimum absolute atomic E-state index is 0.0540. The minimum Gasteiger partial charge on any atom is -0.361 e. The van der Waals surface area contributed by atoms with E-state index in [0.717, 1.165) is 6.54 Å². The SMILES string of the molecule is CC(C)(C)OCNCCN. The van der Waals surface area contributed by atoms with Gasteiger partial charge in [0.15, 0.2) is 0 Å². The maximum Gasteiger partial charge on any atom is 0.0972 e. The monoisotopic (exact) mass is 146 g/mol. The van der Waals surface area contributed by atoms with Gasteiger partial charge < -0.3 is 10.5 Å². The molecule has 10 heavy (non-hydrogen) atoms. The van der Waals surface area contributed by atoms with Crippen LogP contribution in [0.3, 0.4) is 0 Å². The zero-order valence-electron chi connectivity index (χ0n) is 7.11. The average molecular weight is 146 g/mol. The average Bonchev–Trinajstić information content (AvgIpc) is 1.78. The lowest BCUT2D eigenvalue weighted by Gasteiger charge is -2.19. The first-order valence-corrected chi connectivity index (χ1v) is 3.61. The van der Waals surface area contributed by atoms with E-state index in [1.54, 1.807) is 0 Å². The standard InChI is InChI=1S/C7H18N2O/c1-7(2,3)10-6-9-5-4-8/h9H,4-6,8H2,1-3H3. The molecule has 62 valence electrons. The minimum atomic E-state index is -0.0540. The number of hydrogen-bond donors (Lipinski definition) is 2. The maximum absolute atomic E-state index is 5.36. The summed E-state index contributed by atoms with van der Waals surface area (Å²) < 4.78 is 5.36. The van der Waals surface area contributed by atoms with Crippen molar-refractivity contribution in [2.45, 2.75) is 26.4 Å². The van der Waals surface area contributed by atoms with Gasteiger partial charge in [0.25, 0.3) is 0 Å². The Bertz CT molecular complexity index is 78.2. The third-order valence-electron chi connectivity index (χ3n) is 0.928. The Hall–Kier alpha value is -0.120. The summed E-state index contributed by atoms with van der Waals surface area (Å²) >= 11 is 0. The molecule has 0 saturated carbocycles. The van der Waals surface area contributed by atoms with Crippen molar-refractivity contribution in [3.63, 3.8) is 0 Å². The van der Waals surface area contributed by atoms with Crippen LogP contribution in [-0.2, 0) is 4.74 Å². The molecule has 0 bridgehead atoms. The topological polar surface area (TPSA) is 47.3 Å². The first kappa shape index (κ1) is 9.88. The molecule has 0 rings (SSSR count). The Morgan fingerprint density at radius 1 is 1.40 bits per heavy atom. The molecule has 3 N–H and O–H groups in total. The van der Waals surface area contributed by atoms with Crippen molar-refractivity contribution in [2.75, 3.05) is 19.8 Å². The van der Waals surface area contributed by atoms with E-state index in [9.17, 15) is 0 Å². The van der Waals surface area contributed by atoms with Gasteiger partial charge in [-0.2, -0.15) is 0 Å². The zero-order chi connectivity index (χ0) is 8.04. The van der Waals surface area contributed by atoms with Gasteiger partial charge in [0.05, 0.1) is 12.3 Å². The number of ether oxygens (including phenoxy) is 1. The predicted octanol–water partition coefficient (Wildman–Crippen LogP) is 0.307. The Balaban J connectivity index is 3.04. The lowest BCUT2D eigenvalue weighted by atomic mass is 10.2. The molecule has 0 aliphatic carbocycles. The summed E-state index contributed by atoms with van der Waals surface area (Å²) in [5, 5.41) is 3.04. The molecule has 0 aliphatic heterocycles. The highest BCUT2D eigenvalue weighted by Gasteiger charge is 2.08. The quantitative estimate of drug-likeness (QED) is 0.443. The van der Waals surface area contributed by atoms with Gasteiger partial charge in [-0.15, -0.1) is 0 Å². The van der Waals surface area contributed by atoms with Crippen LogP contribution in [0.25, 0.3) is 0 Å². The lowest BCUT2D eigenvalue weighted by Crippen LogP contribution is -2.30. The molecule has 0 radical (unpaired) electrons. The van der Waals surface area contributed by atoms with Gasteiger partial charge >= 0.3 is 0 Å². The van der Waals surface area contributed by atoms with Gasteiger partial charge in [0.2, 0.25) is 0 Å². The smallest absolute Gasteiger partial charge is 0.0972 e. The Labute approximate surface area is 62.9 Å². The summed E-state index contributed by atoms with van der Waals surface area (Å²) in [5.74, 6) is 0. The highest BCUT2D eigenvalue weighted by Crippen LogP contribution is 2.04. The highest BCUT2D eigenvalue weighted by molar-refractivity contribution is 4.57. The largest absolute Gasteiger partial charge is 0.361 e. The first-order valence-electron chi connectivity index (χ1n) is 3.61. The van der Waals surface area contributed by atoms with Crippen LogP contribution in [0.2, 0.25) is 0 Å². The van der Waals surface area contributed by atoms with Crippen LogP contribution in [-0.4, -0.2) is 25.4 Å². The van der Waals surface area contributed by atoms with Gasteiger partial charge in [-0.3, -0.25) is 5.32 Å². The number of hydrogen-bond acceptors (Lipinski definition) is 3. The van der Waals surface area contributed by atoms with Gasteiger partial charge in [-0.1, -0.05) is 0 Å². The van der Waals surface area contributed by atoms with Crippen LogP contribution in [0, 0.1) is 0 Å². The summed E-state index contributed by atoms with van der Waals surface area (Å²) in [7, 11) is 0.